The van der Waals surface area contributed by atoms with Crippen LogP contribution in [0.4, 0.5) is 5.82 Å². The molecule has 1 fully saturated rings. The Morgan fingerprint density at radius 1 is 1.22 bits per heavy atom. The summed E-state index contributed by atoms with van der Waals surface area (Å²) in [5.74, 6) is 0.179. The van der Waals surface area contributed by atoms with E-state index in [-0.39, 0.29) is 23.9 Å². The number of ether oxygens (including phenoxy) is 1. The summed E-state index contributed by atoms with van der Waals surface area (Å²) in [7, 11) is 0. The van der Waals surface area contributed by atoms with Gasteiger partial charge in [0, 0.05) is 41.2 Å². The van der Waals surface area contributed by atoms with Crippen LogP contribution in [0, 0.1) is 5.41 Å². The lowest BCUT2D eigenvalue weighted by Gasteiger charge is -2.27. The number of hydrogen-bond donors (Lipinski definition) is 1. The minimum absolute atomic E-state index is 0.100. The van der Waals surface area contributed by atoms with Crippen molar-refractivity contribution in [3.8, 4) is 11.3 Å². The number of nitrogens with one attached hydrogen (secondary N) is 1. The number of aromatic nitrogens is 3. The Morgan fingerprint density at radius 3 is 2.58 bits per heavy atom. The molecule has 36 heavy (non-hydrogen) atoms. The normalized spacial score (nSPS) is 14.2. The average Bonchev–Trinajstić information content (AvgIpc) is 3.45. The first-order valence-corrected chi connectivity index (χ1v) is 13.4. The summed E-state index contributed by atoms with van der Waals surface area (Å²) in [6.45, 7) is 7.81. The highest BCUT2D eigenvalue weighted by atomic mass is 79.9. The van der Waals surface area contributed by atoms with Gasteiger partial charge >= 0.3 is 0 Å². The highest BCUT2D eigenvalue weighted by Gasteiger charge is 2.27. The van der Waals surface area contributed by atoms with Gasteiger partial charge in [0.25, 0.3) is 11.5 Å². The molecule has 1 aliphatic heterocycles. The van der Waals surface area contributed by atoms with Crippen LogP contribution in [0.2, 0.25) is 4.34 Å². The smallest absolute Gasteiger partial charge is 0.265 e. The Bertz CT molecular complexity index is 1340. The van der Waals surface area contributed by atoms with Gasteiger partial charge in [0.1, 0.15) is 12.4 Å². The second kappa shape index (κ2) is 10.9. The predicted molar refractivity (Wildman–Crippen MR) is 144 cm³/mol. The second-order valence-electron chi connectivity index (χ2n) is 9.44. The van der Waals surface area contributed by atoms with E-state index in [1.54, 1.807) is 23.2 Å². The number of carbonyl (C=O) groups is 2. The van der Waals surface area contributed by atoms with E-state index in [0.29, 0.717) is 58.7 Å². The molecule has 0 unspecified atom stereocenters. The van der Waals surface area contributed by atoms with Crippen LogP contribution in [0.1, 0.15) is 30.4 Å². The lowest BCUT2D eigenvalue weighted by molar-refractivity contribution is -0.135. The fourth-order valence-electron chi connectivity index (χ4n) is 3.66. The molecular weight excluding hydrogens is 570 g/mol. The summed E-state index contributed by atoms with van der Waals surface area (Å²) in [6.07, 6.45) is 1.60. The van der Waals surface area contributed by atoms with E-state index in [1.807, 2.05) is 32.9 Å². The maximum atomic E-state index is 13.2. The molecule has 192 valence electrons. The van der Waals surface area contributed by atoms with Crippen molar-refractivity contribution in [2.75, 3.05) is 31.6 Å². The molecule has 0 bridgehead atoms. The summed E-state index contributed by atoms with van der Waals surface area (Å²) < 4.78 is 9.01. The van der Waals surface area contributed by atoms with Gasteiger partial charge in [0.15, 0.2) is 0 Å². The molecule has 3 aromatic heterocycles. The van der Waals surface area contributed by atoms with Gasteiger partial charge in [0.05, 0.1) is 34.3 Å². The fraction of sp³-hybridized carbons (Fsp3) is 0.417. The zero-order valence-electron chi connectivity index (χ0n) is 20.2. The Morgan fingerprint density at radius 2 is 1.94 bits per heavy atom. The summed E-state index contributed by atoms with van der Waals surface area (Å²) in [4.78, 5) is 41.4. The van der Waals surface area contributed by atoms with E-state index in [1.165, 1.54) is 20.6 Å². The molecule has 0 radical (unpaired) electrons. The standard InChI is InChI=1S/C24H27BrClN5O4S/c1-24(2,3)23(34)31-20(27-12-16-4-5-19(26)36-16)11-18(28-31)15-10-17(25)22(33)30(13-15)14-21(32)29-6-8-35-9-7-29/h4-5,10-11,13,27H,6-9,12,14H2,1-3H3. The molecule has 12 heteroatoms. The zero-order valence-corrected chi connectivity index (χ0v) is 23.4. The van der Waals surface area contributed by atoms with Gasteiger partial charge in [-0.3, -0.25) is 14.4 Å². The van der Waals surface area contributed by atoms with E-state index in [2.05, 4.69) is 26.3 Å². The number of nitrogens with zero attached hydrogens (tertiary/aromatic N) is 4. The van der Waals surface area contributed by atoms with Gasteiger partial charge in [-0.15, -0.1) is 11.3 Å². The minimum atomic E-state index is -0.671. The molecule has 0 aliphatic carbocycles. The summed E-state index contributed by atoms with van der Waals surface area (Å²) in [5.41, 5.74) is 0.0978. The maximum Gasteiger partial charge on any atom is 0.265 e. The van der Waals surface area contributed by atoms with Crippen molar-refractivity contribution >= 4 is 56.5 Å². The first kappa shape index (κ1) is 26.6. The van der Waals surface area contributed by atoms with Gasteiger partial charge in [-0.2, -0.15) is 9.78 Å². The van der Waals surface area contributed by atoms with Crippen molar-refractivity contribution in [1.29, 1.82) is 0 Å². The maximum absolute atomic E-state index is 13.2. The van der Waals surface area contributed by atoms with Gasteiger partial charge in [-0.05, 0) is 34.1 Å². The van der Waals surface area contributed by atoms with Crippen molar-refractivity contribution in [3.63, 3.8) is 0 Å². The quantitative estimate of drug-likeness (QED) is 0.455. The fourth-order valence-corrected chi connectivity index (χ4v) is 5.16. The number of carbonyl (C=O) groups excluding carboxylic acids is 2. The van der Waals surface area contributed by atoms with Crippen LogP contribution in [0.25, 0.3) is 11.3 Å². The molecule has 4 rings (SSSR count). The number of pyridine rings is 1. The molecule has 0 saturated carbocycles. The molecule has 4 heterocycles. The number of halogens is 2. The summed E-state index contributed by atoms with van der Waals surface area (Å²) in [6, 6.07) is 7.16. The lowest BCUT2D eigenvalue weighted by Crippen LogP contribution is -2.43. The van der Waals surface area contributed by atoms with Crippen LogP contribution in [-0.4, -0.2) is 57.4 Å². The van der Waals surface area contributed by atoms with Gasteiger partial charge in [0.2, 0.25) is 5.91 Å². The first-order valence-electron chi connectivity index (χ1n) is 11.4. The predicted octanol–water partition coefficient (Wildman–Crippen LogP) is 4.35. The molecule has 0 atom stereocenters. The SMILES string of the molecule is CC(C)(C)C(=O)n1nc(-c2cc(Br)c(=O)n(CC(=O)N3CCOCC3)c2)cc1NCc1ccc(Cl)s1. The van der Waals surface area contributed by atoms with Crippen LogP contribution < -0.4 is 10.9 Å². The first-order chi connectivity index (χ1) is 17.0. The molecule has 3 aromatic rings. The highest BCUT2D eigenvalue weighted by molar-refractivity contribution is 9.10. The molecule has 1 N–H and O–H groups in total. The molecule has 0 spiro atoms. The van der Waals surface area contributed by atoms with Gasteiger partial charge < -0.3 is 19.5 Å². The van der Waals surface area contributed by atoms with Crippen LogP contribution in [-0.2, 0) is 22.6 Å². The third kappa shape index (κ3) is 6.08. The van der Waals surface area contributed by atoms with Crippen molar-refractivity contribution in [2.45, 2.75) is 33.9 Å². The molecule has 1 saturated heterocycles. The molecule has 1 amide bonds. The highest BCUT2D eigenvalue weighted by Crippen LogP contribution is 2.28. The van der Waals surface area contributed by atoms with Crippen molar-refractivity contribution < 1.29 is 14.3 Å². The van der Waals surface area contributed by atoms with Crippen LogP contribution >= 0.6 is 38.9 Å². The van der Waals surface area contributed by atoms with Crippen LogP contribution in [0.3, 0.4) is 0 Å². The Balaban J connectivity index is 1.66. The largest absolute Gasteiger partial charge is 0.378 e. The van der Waals surface area contributed by atoms with Crippen LogP contribution in [0.15, 0.2) is 39.7 Å². The van der Waals surface area contributed by atoms with Gasteiger partial charge in [-0.25, -0.2) is 0 Å². The average molecular weight is 597 g/mol. The van der Waals surface area contributed by atoms with E-state index in [0.717, 1.165) is 4.88 Å². The number of morpholine rings is 1. The van der Waals surface area contributed by atoms with E-state index in [9.17, 15) is 14.4 Å². The van der Waals surface area contributed by atoms with Crippen molar-refractivity contribution in [1.82, 2.24) is 19.2 Å². The Labute approximate surface area is 226 Å². The van der Waals surface area contributed by atoms with Crippen LogP contribution in [0.5, 0.6) is 0 Å². The third-order valence-electron chi connectivity index (χ3n) is 5.62. The molecule has 1 aliphatic rings. The van der Waals surface area contributed by atoms with E-state index >= 15 is 0 Å². The van der Waals surface area contributed by atoms with Gasteiger partial charge in [-0.1, -0.05) is 32.4 Å². The zero-order chi connectivity index (χ0) is 26.0. The van der Waals surface area contributed by atoms with Crippen molar-refractivity contribution in [3.05, 3.63) is 54.5 Å². The lowest BCUT2D eigenvalue weighted by atomic mass is 9.96. The Hall–Kier alpha value is -2.47. The molecular formula is C24H27BrClN5O4S. The number of thiophene rings is 1. The summed E-state index contributed by atoms with van der Waals surface area (Å²) >= 11 is 10.8. The molecule has 0 aromatic carbocycles. The van der Waals surface area contributed by atoms with E-state index < -0.39 is 5.41 Å². The van der Waals surface area contributed by atoms with Crippen molar-refractivity contribution in [2.24, 2.45) is 5.41 Å². The number of rotatable bonds is 6. The Kier molecular flexibility index (Phi) is 8.03. The number of anilines is 1. The topological polar surface area (TPSA) is 98.5 Å². The summed E-state index contributed by atoms with van der Waals surface area (Å²) in [5, 5.41) is 7.86. The second-order valence-corrected chi connectivity index (χ2v) is 12.1. The third-order valence-corrected chi connectivity index (χ3v) is 7.42. The number of hydrogen-bond acceptors (Lipinski definition) is 7. The van der Waals surface area contributed by atoms with E-state index in [4.69, 9.17) is 16.3 Å². The monoisotopic (exact) mass is 595 g/mol. The number of amides is 1. The molecule has 9 nitrogen and oxygen atoms in total. The minimum Gasteiger partial charge on any atom is -0.378 e.